The van der Waals surface area contributed by atoms with E-state index in [0.717, 1.165) is 6.92 Å². The summed E-state index contributed by atoms with van der Waals surface area (Å²) < 4.78 is 22.8. The van der Waals surface area contributed by atoms with Crippen LogP contribution in [0.4, 0.5) is 0 Å². The van der Waals surface area contributed by atoms with Gasteiger partial charge in [-0.3, -0.25) is 0 Å². The second-order valence-electron chi connectivity index (χ2n) is 2.03. The Kier molecular flexibility index (Phi) is 2.78. The van der Waals surface area contributed by atoms with Gasteiger partial charge in [0.15, 0.2) is 0 Å². The molecule has 0 aromatic heterocycles. The molecule has 0 amide bonds. The molecule has 0 rings (SSSR count). The molecule has 0 radical (unpaired) electrons. The van der Waals surface area contributed by atoms with Crippen molar-refractivity contribution in [1.29, 1.82) is 0 Å². The van der Waals surface area contributed by atoms with E-state index < -0.39 is 15.9 Å². The summed E-state index contributed by atoms with van der Waals surface area (Å²) >= 11 is 0. The number of nitrogens with one attached hydrogen (secondary N) is 1. The molecule has 0 saturated heterocycles. The highest BCUT2D eigenvalue weighted by Crippen LogP contribution is 1.94. The van der Waals surface area contributed by atoms with Crippen LogP contribution in [-0.2, 0) is 10.0 Å². The van der Waals surface area contributed by atoms with E-state index in [9.17, 15) is 8.42 Å². The molecule has 0 bridgehead atoms. The fraction of sp³-hybridized carbons (Fsp3) is 1.00. The first-order chi connectivity index (χ1) is 4.27. The smallest absolute Gasteiger partial charge is 0.232 e. The highest BCUT2D eigenvalue weighted by atomic mass is 32.2. The Morgan fingerprint density at radius 1 is 1.50 bits per heavy atom. The van der Waals surface area contributed by atoms with E-state index in [1.165, 1.54) is 6.92 Å². The Morgan fingerprint density at radius 2 is 1.90 bits per heavy atom. The van der Waals surface area contributed by atoms with Gasteiger partial charge in [0.2, 0.25) is 15.9 Å². The lowest BCUT2D eigenvalue weighted by Crippen LogP contribution is -2.46. The number of rotatable bonds is 3. The molecule has 0 spiro atoms. The molecule has 0 aromatic carbocycles. The highest BCUT2D eigenvalue weighted by Gasteiger charge is 2.21. The lowest BCUT2D eigenvalue weighted by molar-refractivity contribution is -0.152. The molecule has 0 aliphatic heterocycles. The van der Waals surface area contributed by atoms with Crippen LogP contribution in [0.1, 0.15) is 13.8 Å². The third kappa shape index (κ3) is 4.68. The summed E-state index contributed by atoms with van der Waals surface area (Å²) in [4.78, 5) is 0. The maximum atomic E-state index is 10.6. The van der Waals surface area contributed by atoms with Gasteiger partial charge in [-0.15, -0.1) is 0 Å². The maximum Gasteiger partial charge on any atom is 0.232 e. The molecule has 10 heavy (non-hydrogen) atoms. The first-order valence-corrected chi connectivity index (χ1v) is 4.38. The fourth-order valence-corrected chi connectivity index (χ4v) is 1.10. The van der Waals surface area contributed by atoms with E-state index >= 15 is 0 Å². The van der Waals surface area contributed by atoms with Crippen LogP contribution in [-0.4, -0.2) is 30.3 Å². The average molecular weight is 169 g/mol. The Balaban J connectivity index is 4.18. The molecule has 0 fully saturated rings. The van der Waals surface area contributed by atoms with Gasteiger partial charge in [0.25, 0.3) is 0 Å². The lowest BCUT2D eigenvalue weighted by atomic mass is 10.6. The fourth-order valence-electron chi connectivity index (χ4n) is 0.367. The Labute approximate surface area is 59.7 Å². The van der Waals surface area contributed by atoms with Gasteiger partial charge in [0.05, 0.1) is 5.75 Å². The van der Waals surface area contributed by atoms with Crippen LogP contribution >= 0.6 is 0 Å². The third-order valence-electron chi connectivity index (χ3n) is 0.729. The van der Waals surface area contributed by atoms with Crippen molar-refractivity contribution < 1.29 is 18.6 Å². The van der Waals surface area contributed by atoms with Crippen LogP contribution < -0.4 is 4.72 Å². The standard InChI is InChI=1S/C4H11NO4S/c1-3-10(8,9)5-4(2,6)7/h5-7H,3H2,1-2H3. The zero-order valence-electron chi connectivity index (χ0n) is 5.83. The molecular formula is C4H11NO4S. The molecule has 0 saturated carbocycles. The largest absolute Gasteiger partial charge is 0.353 e. The van der Waals surface area contributed by atoms with E-state index in [2.05, 4.69) is 0 Å². The summed E-state index contributed by atoms with van der Waals surface area (Å²) in [5.74, 6) is -2.53. The van der Waals surface area contributed by atoms with Crippen molar-refractivity contribution in [3.05, 3.63) is 0 Å². The summed E-state index contributed by atoms with van der Waals surface area (Å²) in [6, 6.07) is 0. The average Bonchev–Trinajstić information content (AvgIpc) is 1.60. The van der Waals surface area contributed by atoms with Crippen LogP contribution in [0.25, 0.3) is 0 Å². The van der Waals surface area contributed by atoms with Crippen LogP contribution in [0.2, 0.25) is 0 Å². The molecular weight excluding hydrogens is 158 g/mol. The molecule has 0 aliphatic carbocycles. The molecule has 3 N–H and O–H groups in total. The van der Waals surface area contributed by atoms with E-state index in [1.807, 2.05) is 0 Å². The first kappa shape index (κ1) is 9.83. The van der Waals surface area contributed by atoms with Crippen LogP contribution in [0.3, 0.4) is 0 Å². The quantitative estimate of drug-likeness (QED) is 0.453. The topological polar surface area (TPSA) is 86.6 Å². The summed E-state index contributed by atoms with van der Waals surface area (Å²) in [6.45, 7) is 2.33. The molecule has 62 valence electrons. The van der Waals surface area contributed by atoms with Gasteiger partial charge >= 0.3 is 0 Å². The van der Waals surface area contributed by atoms with Crippen molar-refractivity contribution >= 4 is 10.0 Å². The van der Waals surface area contributed by atoms with Gasteiger partial charge in [-0.1, -0.05) is 0 Å². The van der Waals surface area contributed by atoms with Crippen molar-refractivity contribution in [1.82, 2.24) is 4.72 Å². The minimum atomic E-state index is -3.53. The maximum absolute atomic E-state index is 10.6. The van der Waals surface area contributed by atoms with Crippen molar-refractivity contribution in [3.8, 4) is 0 Å². The summed E-state index contributed by atoms with van der Waals surface area (Å²) in [5.41, 5.74) is 0. The van der Waals surface area contributed by atoms with Crippen molar-refractivity contribution in [3.63, 3.8) is 0 Å². The van der Waals surface area contributed by atoms with Crippen LogP contribution in [0.15, 0.2) is 0 Å². The molecule has 5 nitrogen and oxygen atoms in total. The van der Waals surface area contributed by atoms with Crippen LogP contribution in [0, 0.1) is 0 Å². The van der Waals surface area contributed by atoms with Crippen molar-refractivity contribution in [2.45, 2.75) is 19.8 Å². The minimum absolute atomic E-state index is 0.177. The van der Waals surface area contributed by atoms with Gasteiger partial charge in [0.1, 0.15) is 0 Å². The number of hydrogen-bond acceptors (Lipinski definition) is 4. The number of sulfonamides is 1. The SMILES string of the molecule is CCS(=O)(=O)NC(C)(O)O. The number of aliphatic hydroxyl groups is 2. The monoisotopic (exact) mass is 169 g/mol. The normalized spacial score (nSPS) is 13.6. The van der Waals surface area contributed by atoms with E-state index in [4.69, 9.17) is 10.2 Å². The molecule has 0 atom stereocenters. The summed E-state index contributed by atoms with van der Waals surface area (Å²) in [5, 5.41) is 17.1. The summed E-state index contributed by atoms with van der Waals surface area (Å²) in [6.07, 6.45) is 0. The predicted molar refractivity (Wildman–Crippen MR) is 35.4 cm³/mol. The van der Waals surface area contributed by atoms with Crippen molar-refractivity contribution in [2.24, 2.45) is 0 Å². The zero-order chi connectivity index (χ0) is 8.41. The summed E-state index contributed by atoms with van der Waals surface area (Å²) in [7, 11) is -3.53. The third-order valence-corrected chi connectivity index (χ3v) is 2.19. The van der Waals surface area contributed by atoms with Gasteiger partial charge in [0, 0.05) is 6.92 Å². The number of hydrogen-bond donors (Lipinski definition) is 3. The van der Waals surface area contributed by atoms with Crippen LogP contribution in [0.5, 0.6) is 0 Å². The van der Waals surface area contributed by atoms with Crippen molar-refractivity contribution in [2.75, 3.05) is 5.75 Å². The van der Waals surface area contributed by atoms with E-state index in [-0.39, 0.29) is 5.75 Å². The predicted octanol–water partition coefficient (Wildman–Crippen LogP) is -1.42. The zero-order valence-corrected chi connectivity index (χ0v) is 6.64. The van der Waals surface area contributed by atoms with E-state index in [0.29, 0.717) is 0 Å². The molecule has 0 aromatic rings. The molecule has 0 aliphatic rings. The van der Waals surface area contributed by atoms with Gasteiger partial charge in [-0.2, -0.15) is 4.72 Å². The molecule has 0 unspecified atom stereocenters. The van der Waals surface area contributed by atoms with Gasteiger partial charge < -0.3 is 10.2 Å². The molecule has 0 heterocycles. The highest BCUT2D eigenvalue weighted by molar-refractivity contribution is 7.89. The second kappa shape index (κ2) is 2.83. The van der Waals surface area contributed by atoms with Gasteiger partial charge in [-0.05, 0) is 6.92 Å². The molecule has 6 heteroatoms. The Bertz CT molecular complexity index is 190. The van der Waals surface area contributed by atoms with Gasteiger partial charge in [-0.25, -0.2) is 8.42 Å². The Morgan fingerprint density at radius 3 is 2.00 bits per heavy atom. The lowest BCUT2D eigenvalue weighted by Gasteiger charge is -2.16. The van der Waals surface area contributed by atoms with E-state index in [1.54, 1.807) is 4.72 Å². The Hall–Kier alpha value is -0.170. The first-order valence-electron chi connectivity index (χ1n) is 2.73. The second-order valence-corrected chi connectivity index (χ2v) is 4.04. The minimum Gasteiger partial charge on any atom is -0.353 e.